The molecule has 0 aromatic heterocycles. The number of hydrogen-bond donors (Lipinski definition) is 1. The number of carbonyl (C=O) groups excluding carboxylic acids is 1. The number of anilines is 1. The molecule has 1 aliphatic heterocycles. The quantitative estimate of drug-likeness (QED) is 0.874. The number of carbonyl (C=O) groups is 2. The number of hydrogen-bond acceptors (Lipinski definition) is 4. The van der Waals surface area contributed by atoms with Crippen LogP contribution >= 0.6 is 0 Å². The summed E-state index contributed by atoms with van der Waals surface area (Å²) in [6.45, 7) is 0.136. The second-order valence-corrected chi connectivity index (χ2v) is 5.83. The van der Waals surface area contributed by atoms with Crippen molar-refractivity contribution in [2.45, 2.75) is 18.8 Å². The van der Waals surface area contributed by atoms with Crippen LogP contribution in [0.25, 0.3) is 0 Å². The van der Waals surface area contributed by atoms with Gasteiger partial charge in [0, 0.05) is 19.2 Å². The zero-order chi connectivity index (χ0) is 17.8. The lowest BCUT2D eigenvalue weighted by atomic mass is 9.93. The number of ether oxygens (including phenoxy) is 2. The summed E-state index contributed by atoms with van der Waals surface area (Å²) in [5.41, 5.74) is 1.38. The first-order valence-corrected chi connectivity index (χ1v) is 8.00. The van der Waals surface area contributed by atoms with E-state index in [0.29, 0.717) is 17.1 Å². The zero-order valence-corrected chi connectivity index (χ0v) is 13.8. The molecule has 1 aliphatic rings. The molecule has 130 valence electrons. The lowest BCUT2D eigenvalue weighted by Gasteiger charge is -2.19. The van der Waals surface area contributed by atoms with Crippen molar-refractivity contribution in [1.82, 2.24) is 0 Å². The van der Waals surface area contributed by atoms with E-state index >= 15 is 0 Å². The summed E-state index contributed by atoms with van der Waals surface area (Å²) in [4.78, 5) is 25.6. The third-order valence-electron chi connectivity index (χ3n) is 4.26. The van der Waals surface area contributed by atoms with Crippen LogP contribution in [-0.4, -0.2) is 30.8 Å². The molecule has 1 amide bonds. The summed E-state index contributed by atoms with van der Waals surface area (Å²) in [5.74, 6) is -0.723. The van der Waals surface area contributed by atoms with Crippen LogP contribution in [0.4, 0.5) is 5.69 Å². The largest absolute Gasteiger partial charge is 0.481 e. The number of nitrogens with zero attached hydrogens (tertiary/aromatic N) is 1. The Morgan fingerprint density at radius 2 is 1.84 bits per heavy atom. The molecular weight excluding hydrogens is 322 g/mol. The molecular formula is C19H19NO5. The predicted molar refractivity (Wildman–Crippen MR) is 92.0 cm³/mol. The van der Waals surface area contributed by atoms with E-state index in [1.807, 2.05) is 30.3 Å². The maximum atomic E-state index is 12.4. The summed E-state index contributed by atoms with van der Waals surface area (Å²) in [6.07, 6.45) is 0.349. The molecule has 1 atom stereocenters. The standard InChI is InChI=1S/C19H19NO5/c1-20(14-5-3-2-4-6-14)18(21)10-8-15(19(22)23)13-7-9-16-17(11-13)25-12-24-16/h2-7,9,11,15H,8,10,12H2,1H3,(H,22,23). The van der Waals surface area contributed by atoms with E-state index in [4.69, 9.17) is 9.47 Å². The molecule has 1 N–H and O–H groups in total. The van der Waals surface area contributed by atoms with E-state index < -0.39 is 11.9 Å². The molecule has 1 heterocycles. The van der Waals surface area contributed by atoms with Gasteiger partial charge in [-0.05, 0) is 36.2 Å². The molecule has 0 bridgehead atoms. The Balaban J connectivity index is 1.68. The van der Waals surface area contributed by atoms with Gasteiger partial charge in [-0.3, -0.25) is 9.59 Å². The molecule has 0 saturated heterocycles. The maximum absolute atomic E-state index is 12.4. The van der Waals surface area contributed by atoms with Crippen molar-refractivity contribution in [1.29, 1.82) is 0 Å². The van der Waals surface area contributed by atoms with Gasteiger partial charge >= 0.3 is 5.97 Å². The smallest absolute Gasteiger partial charge is 0.310 e. The van der Waals surface area contributed by atoms with Gasteiger partial charge in [0.1, 0.15) is 0 Å². The minimum atomic E-state index is -0.964. The fourth-order valence-electron chi connectivity index (χ4n) is 2.79. The summed E-state index contributed by atoms with van der Waals surface area (Å²) in [7, 11) is 1.69. The average Bonchev–Trinajstić information content (AvgIpc) is 3.09. The first-order valence-electron chi connectivity index (χ1n) is 8.00. The van der Waals surface area contributed by atoms with Crippen LogP contribution in [0.2, 0.25) is 0 Å². The van der Waals surface area contributed by atoms with Crippen molar-refractivity contribution in [2.24, 2.45) is 0 Å². The van der Waals surface area contributed by atoms with Gasteiger partial charge in [-0.1, -0.05) is 24.3 Å². The van der Waals surface area contributed by atoms with Crippen LogP contribution < -0.4 is 14.4 Å². The van der Waals surface area contributed by atoms with E-state index in [1.165, 1.54) is 0 Å². The van der Waals surface area contributed by atoms with E-state index in [-0.39, 0.29) is 25.5 Å². The van der Waals surface area contributed by atoms with E-state index in [1.54, 1.807) is 30.1 Å². The highest BCUT2D eigenvalue weighted by atomic mass is 16.7. The second kappa shape index (κ2) is 7.25. The predicted octanol–water partition coefficient (Wildman–Crippen LogP) is 3.03. The lowest BCUT2D eigenvalue weighted by molar-refractivity contribution is -0.139. The van der Waals surface area contributed by atoms with Gasteiger partial charge in [-0.25, -0.2) is 0 Å². The Morgan fingerprint density at radius 3 is 2.56 bits per heavy atom. The van der Waals surface area contributed by atoms with Crippen LogP contribution in [0.15, 0.2) is 48.5 Å². The minimum absolute atomic E-state index is 0.127. The Hall–Kier alpha value is -3.02. The Kier molecular flexibility index (Phi) is 4.88. The average molecular weight is 341 g/mol. The van der Waals surface area contributed by atoms with E-state index in [0.717, 1.165) is 5.69 Å². The number of benzene rings is 2. The van der Waals surface area contributed by atoms with Gasteiger partial charge in [0.2, 0.25) is 12.7 Å². The van der Waals surface area contributed by atoms with Crippen LogP contribution in [0.1, 0.15) is 24.3 Å². The molecule has 2 aromatic carbocycles. The van der Waals surface area contributed by atoms with Crippen molar-refractivity contribution in [3.8, 4) is 11.5 Å². The number of rotatable bonds is 6. The summed E-state index contributed by atoms with van der Waals surface area (Å²) in [6, 6.07) is 14.3. The van der Waals surface area contributed by atoms with Crippen molar-refractivity contribution in [2.75, 3.05) is 18.7 Å². The highest BCUT2D eigenvalue weighted by molar-refractivity contribution is 5.93. The van der Waals surface area contributed by atoms with Crippen molar-refractivity contribution in [3.05, 3.63) is 54.1 Å². The van der Waals surface area contributed by atoms with Gasteiger partial charge in [0.15, 0.2) is 11.5 Å². The second-order valence-electron chi connectivity index (χ2n) is 5.83. The minimum Gasteiger partial charge on any atom is -0.481 e. The van der Waals surface area contributed by atoms with Crippen LogP contribution in [0.3, 0.4) is 0 Å². The summed E-state index contributed by atoms with van der Waals surface area (Å²) < 4.78 is 10.5. The molecule has 1 unspecified atom stereocenters. The third-order valence-corrected chi connectivity index (χ3v) is 4.26. The Labute approximate surface area is 145 Å². The molecule has 0 saturated carbocycles. The Bertz CT molecular complexity index is 775. The normalized spacial score (nSPS) is 13.3. The van der Waals surface area contributed by atoms with Gasteiger partial charge in [-0.15, -0.1) is 0 Å². The number of aliphatic carboxylic acids is 1. The van der Waals surface area contributed by atoms with Crippen LogP contribution in [-0.2, 0) is 9.59 Å². The van der Waals surface area contributed by atoms with Gasteiger partial charge in [0.25, 0.3) is 0 Å². The molecule has 6 heteroatoms. The van der Waals surface area contributed by atoms with Crippen molar-refractivity contribution >= 4 is 17.6 Å². The summed E-state index contributed by atoms with van der Waals surface area (Å²) in [5, 5.41) is 9.55. The number of amides is 1. The van der Waals surface area contributed by atoms with Gasteiger partial charge in [0.05, 0.1) is 5.92 Å². The van der Waals surface area contributed by atoms with Crippen LogP contribution in [0.5, 0.6) is 11.5 Å². The van der Waals surface area contributed by atoms with Crippen molar-refractivity contribution < 1.29 is 24.2 Å². The fourth-order valence-corrected chi connectivity index (χ4v) is 2.79. The maximum Gasteiger partial charge on any atom is 0.310 e. The van der Waals surface area contributed by atoms with Crippen LogP contribution in [0, 0.1) is 0 Å². The molecule has 0 spiro atoms. The molecule has 0 radical (unpaired) electrons. The highest BCUT2D eigenvalue weighted by Gasteiger charge is 2.24. The number of para-hydroxylation sites is 1. The van der Waals surface area contributed by atoms with E-state index in [2.05, 4.69) is 0 Å². The first-order chi connectivity index (χ1) is 12.1. The van der Waals surface area contributed by atoms with E-state index in [9.17, 15) is 14.7 Å². The molecule has 0 fully saturated rings. The molecule has 3 rings (SSSR count). The van der Waals surface area contributed by atoms with Gasteiger partial charge in [-0.2, -0.15) is 0 Å². The highest BCUT2D eigenvalue weighted by Crippen LogP contribution is 2.35. The lowest BCUT2D eigenvalue weighted by Crippen LogP contribution is -2.27. The molecule has 25 heavy (non-hydrogen) atoms. The topological polar surface area (TPSA) is 76.1 Å². The SMILES string of the molecule is CN(C(=O)CCC(C(=O)O)c1ccc2c(c1)OCO2)c1ccccc1. The van der Waals surface area contributed by atoms with Gasteiger partial charge < -0.3 is 19.5 Å². The number of carboxylic acids is 1. The third kappa shape index (κ3) is 3.74. The Morgan fingerprint density at radius 1 is 1.12 bits per heavy atom. The number of fused-ring (bicyclic) bond motifs is 1. The molecule has 6 nitrogen and oxygen atoms in total. The number of carboxylic acid groups (broad SMARTS) is 1. The summed E-state index contributed by atoms with van der Waals surface area (Å²) >= 11 is 0. The first kappa shape index (κ1) is 16.8. The monoisotopic (exact) mass is 341 g/mol. The van der Waals surface area contributed by atoms with Crippen molar-refractivity contribution in [3.63, 3.8) is 0 Å². The fraction of sp³-hybridized carbons (Fsp3) is 0.263. The zero-order valence-electron chi connectivity index (χ0n) is 13.8. The molecule has 2 aromatic rings. The molecule has 0 aliphatic carbocycles.